The maximum atomic E-state index is 13.0. The second kappa shape index (κ2) is 11.4. The van der Waals surface area contributed by atoms with Crippen molar-refractivity contribution in [3.63, 3.8) is 0 Å². The highest BCUT2D eigenvalue weighted by Gasteiger charge is 2.20. The van der Waals surface area contributed by atoms with Gasteiger partial charge in [-0.3, -0.25) is 4.79 Å². The lowest BCUT2D eigenvalue weighted by Crippen LogP contribution is -2.35. The average molecular weight is 567 g/mol. The van der Waals surface area contributed by atoms with Gasteiger partial charge in [0.2, 0.25) is 0 Å². The summed E-state index contributed by atoms with van der Waals surface area (Å²) in [7, 11) is 0. The number of benzene rings is 4. The van der Waals surface area contributed by atoms with E-state index < -0.39 is 6.10 Å². The number of nitrogens with zero attached hydrogens (tertiary/aromatic N) is 3. The van der Waals surface area contributed by atoms with Crippen molar-refractivity contribution >= 4 is 38.8 Å². The van der Waals surface area contributed by atoms with Gasteiger partial charge in [0.05, 0.1) is 16.4 Å². The predicted octanol–water partition coefficient (Wildman–Crippen LogP) is 7.07. The molecular formula is C31H27BrN4O2. The summed E-state index contributed by atoms with van der Waals surface area (Å²) >= 11 is 3.63. The molecule has 0 saturated heterocycles. The zero-order valence-electron chi connectivity index (χ0n) is 21.1. The summed E-state index contributed by atoms with van der Waals surface area (Å²) in [6, 6.07) is 29.9. The highest BCUT2D eigenvalue weighted by molar-refractivity contribution is 9.10. The van der Waals surface area contributed by atoms with Crippen molar-refractivity contribution in [3.05, 3.63) is 113 Å². The summed E-state index contributed by atoms with van der Waals surface area (Å²) in [6.45, 7) is 3.95. The van der Waals surface area contributed by atoms with Gasteiger partial charge in [0.15, 0.2) is 6.10 Å². The fourth-order valence-corrected chi connectivity index (χ4v) is 4.73. The first kappa shape index (κ1) is 25.4. The van der Waals surface area contributed by atoms with Crippen LogP contribution in [0.5, 0.6) is 5.75 Å². The molecule has 0 unspecified atom stereocenters. The van der Waals surface area contributed by atoms with Crippen LogP contribution < -0.4 is 10.2 Å². The van der Waals surface area contributed by atoms with Crippen LogP contribution in [0.1, 0.15) is 24.5 Å². The molecule has 7 heteroatoms. The third-order valence-electron chi connectivity index (χ3n) is 6.23. The molecule has 0 aliphatic heterocycles. The molecule has 38 heavy (non-hydrogen) atoms. The Morgan fingerprint density at radius 3 is 2.53 bits per heavy atom. The number of rotatable bonds is 8. The number of hydrogen-bond donors (Lipinski definition) is 1. The average Bonchev–Trinajstić information content (AvgIpc) is 3.38. The molecule has 0 spiro atoms. The van der Waals surface area contributed by atoms with E-state index in [9.17, 15) is 4.79 Å². The van der Waals surface area contributed by atoms with Crippen LogP contribution in [-0.4, -0.2) is 28.0 Å². The number of nitrogens with one attached hydrogen (secondary N) is 1. The highest BCUT2D eigenvalue weighted by atomic mass is 79.9. The van der Waals surface area contributed by atoms with Crippen LogP contribution in [0.3, 0.4) is 0 Å². The van der Waals surface area contributed by atoms with E-state index >= 15 is 0 Å². The SMILES string of the molecule is CC[C@@H](Oc1ccc2ccccc2c1Br)C(=O)N/N=C/c1cn(-c2ccccc2)nc1-c1ccc(C)cc1. The van der Waals surface area contributed by atoms with Gasteiger partial charge >= 0.3 is 0 Å². The van der Waals surface area contributed by atoms with E-state index in [1.165, 1.54) is 5.56 Å². The zero-order valence-corrected chi connectivity index (χ0v) is 22.7. The number of ether oxygens (including phenoxy) is 1. The summed E-state index contributed by atoms with van der Waals surface area (Å²) in [6.07, 6.45) is 3.31. The van der Waals surface area contributed by atoms with Crippen molar-refractivity contribution in [1.82, 2.24) is 15.2 Å². The number of hydrazone groups is 1. The second-order valence-electron chi connectivity index (χ2n) is 8.93. The number of para-hydroxylation sites is 1. The van der Waals surface area contributed by atoms with Crippen molar-refractivity contribution in [3.8, 4) is 22.7 Å². The maximum Gasteiger partial charge on any atom is 0.281 e. The molecule has 1 aromatic heterocycles. The van der Waals surface area contributed by atoms with Gasteiger partial charge in [0, 0.05) is 17.3 Å². The lowest BCUT2D eigenvalue weighted by atomic mass is 10.1. The van der Waals surface area contributed by atoms with Crippen LogP contribution in [-0.2, 0) is 4.79 Å². The third kappa shape index (κ3) is 5.53. The van der Waals surface area contributed by atoms with E-state index in [2.05, 4.69) is 26.5 Å². The molecule has 5 rings (SSSR count). The molecule has 190 valence electrons. The van der Waals surface area contributed by atoms with Gasteiger partial charge in [-0.2, -0.15) is 10.2 Å². The minimum absolute atomic E-state index is 0.323. The molecule has 0 fully saturated rings. The zero-order chi connectivity index (χ0) is 26.5. The molecule has 4 aromatic carbocycles. The van der Waals surface area contributed by atoms with Crippen LogP contribution in [0, 0.1) is 6.92 Å². The number of carbonyl (C=O) groups excluding carboxylic acids is 1. The number of fused-ring (bicyclic) bond motifs is 1. The predicted molar refractivity (Wildman–Crippen MR) is 156 cm³/mol. The van der Waals surface area contributed by atoms with Gasteiger partial charge in [-0.1, -0.05) is 85.3 Å². The van der Waals surface area contributed by atoms with Crippen molar-refractivity contribution in [2.24, 2.45) is 5.10 Å². The van der Waals surface area contributed by atoms with E-state index in [1.807, 2.05) is 116 Å². The van der Waals surface area contributed by atoms with Crippen LogP contribution in [0.2, 0.25) is 0 Å². The Hall–Kier alpha value is -4.23. The normalized spacial score (nSPS) is 12.1. The van der Waals surface area contributed by atoms with E-state index in [-0.39, 0.29) is 5.91 Å². The second-order valence-corrected chi connectivity index (χ2v) is 9.72. The molecule has 0 radical (unpaired) electrons. The number of aryl methyl sites for hydroxylation is 1. The summed E-state index contributed by atoms with van der Waals surface area (Å²) in [5.41, 5.74) is 7.27. The standard InChI is InChI=1S/C31H27BrN4O2/c1-3-27(38-28-18-17-22-9-7-8-12-26(22)29(28)32)31(37)34-33-19-24-20-36(25-10-5-4-6-11-25)35-30(24)23-15-13-21(2)14-16-23/h4-20,27H,3H2,1-2H3,(H,34,37)/b33-19+/t27-/m1/s1. The summed E-state index contributed by atoms with van der Waals surface area (Å²) in [5.74, 6) is 0.289. The van der Waals surface area contributed by atoms with Gasteiger partial charge in [0.25, 0.3) is 5.91 Å². The van der Waals surface area contributed by atoms with E-state index in [1.54, 1.807) is 6.21 Å². The fraction of sp³-hybridized carbons (Fsp3) is 0.129. The van der Waals surface area contributed by atoms with Crippen LogP contribution in [0.4, 0.5) is 0 Å². The molecule has 0 saturated carbocycles. The van der Waals surface area contributed by atoms with Crippen molar-refractivity contribution in [2.75, 3.05) is 0 Å². The molecule has 1 atom stereocenters. The molecular weight excluding hydrogens is 540 g/mol. The number of aromatic nitrogens is 2. The quantitative estimate of drug-likeness (QED) is 0.161. The number of halogens is 1. The lowest BCUT2D eigenvalue weighted by molar-refractivity contribution is -0.128. The largest absolute Gasteiger partial charge is 0.479 e. The molecule has 1 amide bonds. The molecule has 0 aliphatic rings. The summed E-state index contributed by atoms with van der Waals surface area (Å²) < 4.78 is 8.72. The topological polar surface area (TPSA) is 68.5 Å². The molecule has 1 N–H and O–H groups in total. The monoisotopic (exact) mass is 566 g/mol. The first-order valence-electron chi connectivity index (χ1n) is 12.4. The minimum atomic E-state index is -0.701. The minimum Gasteiger partial charge on any atom is -0.479 e. The molecule has 0 bridgehead atoms. The highest BCUT2D eigenvalue weighted by Crippen LogP contribution is 2.34. The van der Waals surface area contributed by atoms with Crippen LogP contribution in [0.25, 0.3) is 27.7 Å². The van der Waals surface area contributed by atoms with Crippen LogP contribution in [0.15, 0.2) is 107 Å². The van der Waals surface area contributed by atoms with Crippen LogP contribution >= 0.6 is 15.9 Å². The Morgan fingerprint density at radius 2 is 1.76 bits per heavy atom. The van der Waals surface area contributed by atoms with Gasteiger partial charge in [-0.25, -0.2) is 10.1 Å². The summed E-state index contributed by atoms with van der Waals surface area (Å²) in [4.78, 5) is 13.0. The molecule has 6 nitrogen and oxygen atoms in total. The van der Waals surface area contributed by atoms with E-state index in [0.717, 1.165) is 37.8 Å². The Kier molecular flexibility index (Phi) is 7.65. The van der Waals surface area contributed by atoms with Crippen molar-refractivity contribution in [1.29, 1.82) is 0 Å². The van der Waals surface area contributed by atoms with E-state index in [0.29, 0.717) is 12.2 Å². The van der Waals surface area contributed by atoms with Crippen molar-refractivity contribution < 1.29 is 9.53 Å². The first-order chi connectivity index (χ1) is 18.5. The Labute approximate surface area is 230 Å². The number of carbonyl (C=O) groups is 1. The van der Waals surface area contributed by atoms with Gasteiger partial charge in [-0.05, 0) is 58.2 Å². The maximum absolute atomic E-state index is 13.0. The van der Waals surface area contributed by atoms with Gasteiger partial charge < -0.3 is 4.74 Å². The van der Waals surface area contributed by atoms with Gasteiger partial charge in [0.1, 0.15) is 11.4 Å². The smallest absolute Gasteiger partial charge is 0.281 e. The summed E-state index contributed by atoms with van der Waals surface area (Å²) in [5, 5.41) is 11.2. The first-order valence-corrected chi connectivity index (χ1v) is 13.2. The Morgan fingerprint density at radius 1 is 1.03 bits per heavy atom. The Balaban J connectivity index is 1.36. The number of hydrogen-bond acceptors (Lipinski definition) is 4. The fourth-order valence-electron chi connectivity index (χ4n) is 4.15. The Bertz CT molecular complexity index is 1590. The molecule has 1 heterocycles. The molecule has 0 aliphatic carbocycles. The van der Waals surface area contributed by atoms with E-state index in [4.69, 9.17) is 9.84 Å². The van der Waals surface area contributed by atoms with Crippen molar-refractivity contribution in [2.45, 2.75) is 26.4 Å². The van der Waals surface area contributed by atoms with Gasteiger partial charge in [-0.15, -0.1) is 0 Å². The number of amides is 1. The lowest BCUT2D eigenvalue weighted by Gasteiger charge is -2.17. The molecule has 5 aromatic rings. The third-order valence-corrected chi connectivity index (χ3v) is 7.04.